The van der Waals surface area contributed by atoms with Gasteiger partial charge in [0.15, 0.2) is 0 Å². The van der Waals surface area contributed by atoms with Gasteiger partial charge in [0.2, 0.25) is 0 Å². The van der Waals surface area contributed by atoms with E-state index in [-0.39, 0.29) is 0 Å². The third kappa shape index (κ3) is 3.81. The zero-order chi connectivity index (χ0) is 22.0. The number of nitrogens with one attached hydrogen (secondary N) is 1. The first kappa shape index (κ1) is 19.8. The fourth-order valence-corrected chi connectivity index (χ4v) is 5.19. The van der Waals surface area contributed by atoms with Gasteiger partial charge in [-0.05, 0) is 70.6 Å². The van der Waals surface area contributed by atoms with Gasteiger partial charge in [-0.2, -0.15) is 11.3 Å². The van der Waals surface area contributed by atoms with E-state index >= 15 is 0 Å². The first-order valence-corrected chi connectivity index (χ1v) is 12.2. The second-order valence-corrected chi connectivity index (χ2v) is 8.96. The maximum atomic E-state index is 4.61. The van der Waals surface area contributed by atoms with Crippen LogP contribution in [0.5, 0.6) is 0 Å². The number of benzene rings is 3. The van der Waals surface area contributed by atoms with Crippen LogP contribution >= 0.6 is 11.3 Å². The molecule has 0 bridgehead atoms. The first-order chi connectivity index (χ1) is 16.4. The molecule has 5 aromatic rings. The van der Waals surface area contributed by atoms with Gasteiger partial charge >= 0.3 is 0 Å². The summed E-state index contributed by atoms with van der Waals surface area (Å²) in [7, 11) is 0. The minimum absolute atomic E-state index is 0.804. The van der Waals surface area contributed by atoms with Crippen LogP contribution < -0.4 is 10.2 Å². The topological polar surface area (TPSA) is 33.1 Å². The van der Waals surface area contributed by atoms with Crippen molar-refractivity contribution in [2.45, 2.75) is 12.8 Å². The lowest BCUT2D eigenvalue weighted by molar-refractivity contribution is 0.830. The van der Waals surface area contributed by atoms with E-state index in [2.05, 4.69) is 116 Å². The second-order valence-electron chi connectivity index (χ2n) is 8.18. The second kappa shape index (κ2) is 8.60. The summed E-state index contributed by atoms with van der Waals surface area (Å²) in [6.07, 6.45) is 10.2. The third-order valence-electron chi connectivity index (χ3n) is 6.16. The molecule has 0 aliphatic carbocycles. The summed E-state index contributed by atoms with van der Waals surface area (Å²) in [6.45, 7) is 0.804. The number of hydrogen-bond donors (Lipinski definition) is 1. The van der Waals surface area contributed by atoms with Crippen molar-refractivity contribution >= 4 is 39.2 Å². The fourth-order valence-electron chi connectivity index (χ4n) is 4.49. The van der Waals surface area contributed by atoms with Gasteiger partial charge in [-0.15, -0.1) is 0 Å². The van der Waals surface area contributed by atoms with Crippen LogP contribution in [0.4, 0.5) is 17.1 Å². The number of anilines is 3. The summed E-state index contributed by atoms with van der Waals surface area (Å²) in [5.74, 6) is 1.09. The third-order valence-corrected chi connectivity index (χ3v) is 6.89. The summed E-state index contributed by atoms with van der Waals surface area (Å²) < 4.78 is 2.19. The Morgan fingerprint density at radius 1 is 0.909 bits per heavy atom. The van der Waals surface area contributed by atoms with Crippen molar-refractivity contribution in [1.29, 1.82) is 0 Å². The highest BCUT2D eigenvalue weighted by Crippen LogP contribution is 2.39. The molecule has 0 spiro atoms. The molecule has 2 aromatic heterocycles. The van der Waals surface area contributed by atoms with Gasteiger partial charge in [0, 0.05) is 48.3 Å². The molecule has 3 aromatic carbocycles. The molecule has 0 saturated heterocycles. The van der Waals surface area contributed by atoms with E-state index in [9.17, 15) is 0 Å². The van der Waals surface area contributed by atoms with Crippen LogP contribution in [0, 0.1) is 0 Å². The highest BCUT2D eigenvalue weighted by molar-refractivity contribution is 7.07. The molecule has 162 valence electrons. The number of imidazole rings is 1. The Morgan fingerprint density at radius 2 is 1.79 bits per heavy atom. The molecule has 5 heteroatoms. The molecular formula is C28H24N4S. The van der Waals surface area contributed by atoms with Crippen molar-refractivity contribution in [3.63, 3.8) is 0 Å². The molecule has 1 aliphatic heterocycles. The maximum absolute atomic E-state index is 4.61. The normalized spacial score (nSPS) is 13.0. The molecule has 3 heterocycles. The lowest BCUT2D eigenvalue weighted by Crippen LogP contribution is -2.09. The van der Waals surface area contributed by atoms with Crippen LogP contribution in [0.25, 0.3) is 16.5 Å². The Hall–Kier alpha value is -3.83. The minimum atomic E-state index is 0.804. The smallest absolute Gasteiger partial charge is 0.113 e. The van der Waals surface area contributed by atoms with Gasteiger partial charge < -0.3 is 14.8 Å². The number of hydrogen-bond acceptors (Lipinski definition) is 4. The summed E-state index contributed by atoms with van der Waals surface area (Å²) in [4.78, 5) is 6.87. The average Bonchev–Trinajstić information content (AvgIpc) is 3.51. The van der Waals surface area contributed by atoms with E-state index in [0.717, 1.165) is 42.3 Å². The fraction of sp³-hybridized carbons (Fsp3) is 0.107. The van der Waals surface area contributed by atoms with Gasteiger partial charge in [0.1, 0.15) is 5.82 Å². The highest BCUT2D eigenvalue weighted by Gasteiger charge is 2.16. The molecule has 1 N–H and O–H groups in total. The molecule has 0 atom stereocenters. The van der Waals surface area contributed by atoms with Gasteiger partial charge in [-0.3, -0.25) is 0 Å². The molecule has 0 unspecified atom stereocenters. The SMILES string of the molecule is C1=CN(c2ccc(-n3ccnc3CCc3ccsc3)cc2)c2ccc3ccccc3c2NC1. The largest absolute Gasteiger partial charge is 0.379 e. The van der Waals surface area contributed by atoms with Crippen molar-refractivity contribution in [2.75, 3.05) is 16.8 Å². The van der Waals surface area contributed by atoms with Gasteiger partial charge in [-0.1, -0.05) is 30.3 Å². The molecule has 33 heavy (non-hydrogen) atoms. The lowest BCUT2D eigenvalue weighted by atomic mass is 10.1. The Kier molecular flexibility index (Phi) is 5.17. The van der Waals surface area contributed by atoms with E-state index in [1.165, 1.54) is 22.0 Å². The number of thiophene rings is 1. The van der Waals surface area contributed by atoms with Gasteiger partial charge in [0.05, 0.1) is 11.4 Å². The van der Waals surface area contributed by atoms with Crippen molar-refractivity contribution in [1.82, 2.24) is 9.55 Å². The average molecular weight is 449 g/mol. The summed E-state index contributed by atoms with van der Waals surface area (Å²) in [6, 6.07) is 23.9. The standard InChI is InChI=1S/C28H24N4S/c1-2-5-25-22(4-1)7-12-26-28(25)30-15-3-17-31(26)23-8-10-24(11-9-23)32-18-16-29-27(32)13-6-21-14-19-33-20-21/h1-5,7-12,14,16-20,30H,6,13,15H2. The predicted molar refractivity (Wildman–Crippen MR) is 139 cm³/mol. The molecule has 1 aliphatic rings. The first-order valence-electron chi connectivity index (χ1n) is 11.2. The van der Waals surface area contributed by atoms with Crippen LogP contribution in [0.2, 0.25) is 0 Å². The van der Waals surface area contributed by atoms with Crippen LogP contribution in [-0.2, 0) is 12.8 Å². The van der Waals surface area contributed by atoms with E-state index < -0.39 is 0 Å². The lowest BCUT2D eigenvalue weighted by Gasteiger charge is -2.23. The molecule has 6 rings (SSSR count). The summed E-state index contributed by atoms with van der Waals surface area (Å²) in [5, 5.41) is 10.4. The zero-order valence-electron chi connectivity index (χ0n) is 18.2. The Bertz CT molecular complexity index is 1410. The maximum Gasteiger partial charge on any atom is 0.113 e. The zero-order valence-corrected chi connectivity index (χ0v) is 19.0. The molecule has 0 saturated carbocycles. The Balaban J connectivity index is 1.31. The molecular weight excluding hydrogens is 424 g/mol. The van der Waals surface area contributed by atoms with E-state index in [1.54, 1.807) is 11.3 Å². The van der Waals surface area contributed by atoms with E-state index in [4.69, 9.17) is 0 Å². The number of aryl methyl sites for hydroxylation is 2. The summed E-state index contributed by atoms with van der Waals surface area (Å²) in [5.41, 5.74) is 5.97. The van der Waals surface area contributed by atoms with Crippen molar-refractivity contribution in [3.05, 3.63) is 114 Å². The summed E-state index contributed by atoms with van der Waals surface area (Å²) >= 11 is 1.75. The van der Waals surface area contributed by atoms with Crippen LogP contribution in [0.1, 0.15) is 11.4 Å². The quantitative estimate of drug-likeness (QED) is 0.316. The van der Waals surface area contributed by atoms with Crippen molar-refractivity contribution in [3.8, 4) is 5.69 Å². The van der Waals surface area contributed by atoms with Crippen molar-refractivity contribution < 1.29 is 0 Å². The highest BCUT2D eigenvalue weighted by atomic mass is 32.1. The van der Waals surface area contributed by atoms with E-state index in [1.807, 2.05) is 6.20 Å². The Morgan fingerprint density at radius 3 is 2.67 bits per heavy atom. The minimum Gasteiger partial charge on any atom is -0.379 e. The molecule has 0 amide bonds. The number of rotatable bonds is 5. The van der Waals surface area contributed by atoms with Crippen LogP contribution in [0.3, 0.4) is 0 Å². The van der Waals surface area contributed by atoms with Crippen molar-refractivity contribution in [2.24, 2.45) is 0 Å². The van der Waals surface area contributed by atoms with Crippen LogP contribution in [-0.4, -0.2) is 16.1 Å². The molecule has 0 radical (unpaired) electrons. The predicted octanol–water partition coefficient (Wildman–Crippen LogP) is 6.95. The van der Waals surface area contributed by atoms with E-state index in [0.29, 0.717) is 0 Å². The Labute approximate surface area is 197 Å². The number of aromatic nitrogens is 2. The number of fused-ring (bicyclic) bond motifs is 3. The number of nitrogens with zero attached hydrogens (tertiary/aromatic N) is 3. The monoisotopic (exact) mass is 448 g/mol. The van der Waals surface area contributed by atoms with Gasteiger partial charge in [-0.25, -0.2) is 4.98 Å². The van der Waals surface area contributed by atoms with Crippen LogP contribution in [0.15, 0.2) is 102 Å². The molecule has 4 nitrogen and oxygen atoms in total. The molecule has 0 fully saturated rings. The van der Waals surface area contributed by atoms with Gasteiger partial charge in [0.25, 0.3) is 0 Å².